The summed E-state index contributed by atoms with van der Waals surface area (Å²) in [6, 6.07) is 11.1. The van der Waals surface area contributed by atoms with E-state index < -0.39 is 17.3 Å². The third kappa shape index (κ3) is 5.01. The Labute approximate surface area is 224 Å². The molecule has 5 rings (SSSR count). The van der Waals surface area contributed by atoms with Crippen molar-refractivity contribution < 1.29 is 17.9 Å². The monoisotopic (exact) mass is 556 g/mol. The zero-order valence-electron chi connectivity index (χ0n) is 20.2. The summed E-state index contributed by atoms with van der Waals surface area (Å²) in [6.45, 7) is 3.67. The van der Waals surface area contributed by atoms with Gasteiger partial charge in [-0.25, -0.2) is 9.97 Å². The Morgan fingerprint density at radius 2 is 1.92 bits per heavy atom. The molecule has 194 valence electrons. The number of alkyl halides is 3. The SMILES string of the molecule is Cc1cc(-c2ncsc2C)c2cccc(OCc3c(Cl)ccnc3Cn3cccc(C(F)(F)F)c3=O)c2n1. The third-order valence-electron chi connectivity index (χ3n) is 6.04. The van der Waals surface area contributed by atoms with Crippen LogP contribution < -0.4 is 10.3 Å². The molecule has 0 bridgehead atoms. The zero-order valence-corrected chi connectivity index (χ0v) is 21.8. The molecule has 4 aromatic heterocycles. The highest BCUT2D eigenvalue weighted by Gasteiger charge is 2.34. The highest BCUT2D eigenvalue weighted by atomic mass is 35.5. The lowest BCUT2D eigenvalue weighted by molar-refractivity contribution is -0.138. The van der Waals surface area contributed by atoms with E-state index in [2.05, 4.69) is 9.97 Å². The molecular weight excluding hydrogens is 537 g/mol. The number of ether oxygens (including phenoxy) is 1. The van der Waals surface area contributed by atoms with Crippen molar-refractivity contribution in [2.75, 3.05) is 0 Å². The molecule has 0 unspecified atom stereocenters. The van der Waals surface area contributed by atoms with Gasteiger partial charge in [0, 0.05) is 39.5 Å². The molecule has 0 aliphatic rings. The first kappa shape index (κ1) is 25.9. The molecule has 0 radical (unpaired) electrons. The summed E-state index contributed by atoms with van der Waals surface area (Å²) >= 11 is 8.01. The summed E-state index contributed by atoms with van der Waals surface area (Å²) in [5.74, 6) is 0.502. The number of fused-ring (bicyclic) bond motifs is 1. The van der Waals surface area contributed by atoms with Gasteiger partial charge in [0.1, 0.15) is 23.4 Å². The van der Waals surface area contributed by atoms with Gasteiger partial charge in [-0.2, -0.15) is 13.2 Å². The Hall–Kier alpha value is -3.76. The van der Waals surface area contributed by atoms with Crippen molar-refractivity contribution in [3.63, 3.8) is 0 Å². The molecule has 0 aliphatic carbocycles. The van der Waals surface area contributed by atoms with E-state index >= 15 is 0 Å². The van der Waals surface area contributed by atoms with E-state index in [-0.39, 0.29) is 13.2 Å². The predicted octanol–water partition coefficient (Wildman–Crippen LogP) is 6.83. The summed E-state index contributed by atoms with van der Waals surface area (Å²) in [7, 11) is 0. The number of thiazole rings is 1. The third-order valence-corrected chi connectivity index (χ3v) is 7.15. The van der Waals surface area contributed by atoms with Crippen LogP contribution in [0, 0.1) is 13.8 Å². The van der Waals surface area contributed by atoms with Crippen LogP contribution in [0.15, 0.2) is 65.2 Å². The Morgan fingerprint density at radius 1 is 1.11 bits per heavy atom. The number of hydrogen-bond donors (Lipinski definition) is 0. The highest BCUT2D eigenvalue weighted by molar-refractivity contribution is 7.10. The molecule has 11 heteroatoms. The van der Waals surface area contributed by atoms with Gasteiger partial charge in [0.05, 0.1) is 28.5 Å². The van der Waals surface area contributed by atoms with E-state index in [1.54, 1.807) is 29.0 Å². The number of aryl methyl sites for hydroxylation is 2. The number of hydrogen-bond acceptors (Lipinski definition) is 6. The summed E-state index contributed by atoms with van der Waals surface area (Å²) in [6.07, 6.45) is -2.04. The molecule has 0 aliphatic heterocycles. The van der Waals surface area contributed by atoms with Crippen LogP contribution in [-0.4, -0.2) is 19.5 Å². The normalized spacial score (nSPS) is 11.7. The number of aromatic nitrogens is 4. The molecule has 0 amide bonds. The van der Waals surface area contributed by atoms with E-state index in [9.17, 15) is 18.0 Å². The van der Waals surface area contributed by atoms with Gasteiger partial charge in [-0.05, 0) is 44.2 Å². The van der Waals surface area contributed by atoms with E-state index in [1.807, 2.05) is 32.0 Å². The number of para-hydroxylation sites is 1. The molecule has 38 heavy (non-hydrogen) atoms. The van der Waals surface area contributed by atoms with Crippen molar-refractivity contribution in [3.8, 4) is 17.0 Å². The first-order valence-electron chi connectivity index (χ1n) is 11.5. The van der Waals surface area contributed by atoms with Gasteiger partial charge in [-0.15, -0.1) is 11.3 Å². The molecule has 0 saturated carbocycles. The molecular formula is C27H20ClF3N4O2S. The zero-order chi connectivity index (χ0) is 27.0. The Kier molecular flexibility index (Phi) is 6.93. The largest absolute Gasteiger partial charge is 0.486 e. The lowest BCUT2D eigenvalue weighted by atomic mass is 10.0. The number of halogens is 4. The number of pyridine rings is 3. The van der Waals surface area contributed by atoms with E-state index in [0.29, 0.717) is 27.5 Å². The van der Waals surface area contributed by atoms with Gasteiger partial charge < -0.3 is 9.30 Å². The summed E-state index contributed by atoms with van der Waals surface area (Å²) in [5, 5.41) is 1.19. The standard InChI is InChI=1S/C27H20ClF3N4O2S/c1-15-11-18(24-16(2)38-14-33-24)17-5-3-7-23(25(17)34-15)37-13-19-21(28)8-9-32-22(19)12-35-10-4-6-20(26(35)36)27(29,30)31/h3-11,14H,12-13H2,1-2H3. The van der Waals surface area contributed by atoms with Crippen molar-refractivity contribution in [3.05, 3.63) is 103 Å². The lowest BCUT2D eigenvalue weighted by Crippen LogP contribution is -2.28. The second-order valence-electron chi connectivity index (χ2n) is 8.58. The molecule has 0 N–H and O–H groups in total. The van der Waals surface area contributed by atoms with E-state index in [1.165, 1.54) is 18.5 Å². The maximum atomic E-state index is 13.2. The van der Waals surface area contributed by atoms with Crippen molar-refractivity contribution >= 4 is 33.8 Å². The quantitative estimate of drug-likeness (QED) is 0.229. The van der Waals surface area contributed by atoms with Crippen LogP contribution in [0.2, 0.25) is 5.02 Å². The van der Waals surface area contributed by atoms with Crippen molar-refractivity contribution in [2.24, 2.45) is 0 Å². The Bertz CT molecular complexity index is 1720. The fourth-order valence-corrected chi connectivity index (χ4v) is 5.02. The van der Waals surface area contributed by atoms with Crippen LogP contribution in [0.5, 0.6) is 5.75 Å². The smallest absolute Gasteiger partial charge is 0.421 e. The minimum Gasteiger partial charge on any atom is -0.486 e. The van der Waals surface area contributed by atoms with Crippen LogP contribution in [-0.2, 0) is 19.3 Å². The van der Waals surface area contributed by atoms with Gasteiger partial charge in [-0.1, -0.05) is 23.7 Å². The Balaban J connectivity index is 1.50. The second-order valence-corrected chi connectivity index (χ2v) is 10.0. The molecule has 0 spiro atoms. The molecule has 0 fully saturated rings. The average molecular weight is 557 g/mol. The fourth-order valence-electron chi connectivity index (χ4n) is 4.21. The molecule has 6 nitrogen and oxygen atoms in total. The lowest BCUT2D eigenvalue weighted by Gasteiger charge is -2.16. The first-order chi connectivity index (χ1) is 18.1. The van der Waals surface area contributed by atoms with E-state index in [4.69, 9.17) is 21.3 Å². The van der Waals surface area contributed by atoms with Crippen molar-refractivity contribution in [2.45, 2.75) is 33.2 Å². The highest BCUT2D eigenvalue weighted by Crippen LogP contribution is 2.35. The van der Waals surface area contributed by atoms with Crippen LogP contribution in [0.3, 0.4) is 0 Å². The van der Waals surface area contributed by atoms with Crippen LogP contribution >= 0.6 is 22.9 Å². The maximum absolute atomic E-state index is 13.2. The van der Waals surface area contributed by atoms with Gasteiger partial charge in [0.2, 0.25) is 0 Å². The van der Waals surface area contributed by atoms with Crippen molar-refractivity contribution in [1.82, 2.24) is 19.5 Å². The maximum Gasteiger partial charge on any atom is 0.421 e. The minimum atomic E-state index is -4.76. The van der Waals surface area contributed by atoms with Gasteiger partial charge in [0.25, 0.3) is 5.56 Å². The van der Waals surface area contributed by atoms with Crippen LogP contribution in [0.25, 0.3) is 22.2 Å². The van der Waals surface area contributed by atoms with Gasteiger partial charge >= 0.3 is 6.18 Å². The number of benzene rings is 1. The molecule has 0 atom stereocenters. The molecule has 1 aromatic carbocycles. The summed E-state index contributed by atoms with van der Waals surface area (Å²) in [5.41, 5.74) is 3.43. The topological polar surface area (TPSA) is 69.9 Å². The van der Waals surface area contributed by atoms with Gasteiger partial charge in [-0.3, -0.25) is 9.78 Å². The van der Waals surface area contributed by atoms with E-state index in [0.717, 1.165) is 37.8 Å². The molecule has 0 saturated heterocycles. The molecule has 4 heterocycles. The van der Waals surface area contributed by atoms with Crippen LogP contribution in [0.1, 0.15) is 27.4 Å². The fraction of sp³-hybridized carbons (Fsp3) is 0.185. The number of nitrogens with zero attached hydrogens (tertiary/aromatic N) is 4. The predicted molar refractivity (Wildman–Crippen MR) is 141 cm³/mol. The minimum absolute atomic E-state index is 0.0322. The summed E-state index contributed by atoms with van der Waals surface area (Å²) in [4.78, 5) is 27.0. The second kappa shape index (κ2) is 10.2. The van der Waals surface area contributed by atoms with Crippen molar-refractivity contribution in [1.29, 1.82) is 0 Å². The molecule has 5 aromatic rings. The Morgan fingerprint density at radius 3 is 2.66 bits per heavy atom. The first-order valence-corrected chi connectivity index (χ1v) is 12.7. The van der Waals surface area contributed by atoms with Crippen LogP contribution in [0.4, 0.5) is 13.2 Å². The van der Waals surface area contributed by atoms with Gasteiger partial charge in [0.15, 0.2) is 0 Å². The average Bonchev–Trinajstić information content (AvgIpc) is 3.29. The summed E-state index contributed by atoms with van der Waals surface area (Å²) < 4.78 is 46.8. The number of rotatable bonds is 6.